The Morgan fingerprint density at radius 2 is 1.78 bits per heavy atom. The molecule has 2 atom stereocenters. The van der Waals surface area contributed by atoms with Gasteiger partial charge < -0.3 is 10.6 Å². The molecule has 0 saturated heterocycles. The van der Waals surface area contributed by atoms with Crippen molar-refractivity contribution in [2.45, 2.75) is 52.6 Å². The SMILES string of the molecule is CCC(N)Cc1cnc(N(C)C(C)C(C)C)nc1. The van der Waals surface area contributed by atoms with Gasteiger partial charge in [-0.1, -0.05) is 20.8 Å². The van der Waals surface area contributed by atoms with E-state index in [0.717, 1.165) is 24.4 Å². The topological polar surface area (TPSA) is 55.0 Å². The van der Waals surface area contributed by atoms with Crippen LogP contribution in [-0.4, -0.2) is 29.1 Å². The highest BCUT2D eigenvalue weighted by Gasteiger charge is 2.15. The van der Waals surface area contributed by atoms with Gasteiger partial charge in [-0.25, -0.2) is 9.97 Å². The molecule has 1 aromatic heterocycles. The Kier molecular flexibility index (Phi) is 5.54. The Labute approximate surface area is 111 Å². The zero-order valence-corrected chi connectivity index (χ0v) is 12.2. The average Bonchev–Trinajstić information content (AvgIpc) is 2.37. The molecule has 4 nitrogen and oxygen atoms in total. The molecule has 0 radical (unpaired) electrons. The lowest BCUT2D eigenvalue weighted by Gasteiger charge is -2.27. The molecule has 1 aromatic rings. The molecule has 102 valence electrons. The van der Waals surface area contributed by atoms with E-state index in [1.807, 2.05) is 19.4 Å². The highest BCUT2D eigenvalue weighted by molar-refractivity contribution is 5.30. The fourth-order valence-electron chi connectivity index (χ4n) is 1.71. The van der Waals surface area contributed by atoms with Gasteiger partial charge in [-0.15, -0.1) is 0 Å². The molecule has 0 amide bonds. The van der Waals surface area contributed by atoms with Crippen LogP contribution >= 0.6 is 0 Å². The molecule has 0 aromatic carbocycles. The minimum Gasteiger partial charge on any atom is -0.341 e. The quantitative estimate of drug-likeness (QED) is 0.841. The monoisotopic (exact) mass is 250 g/mol. The highest BCUT2D eigenvalue weighted by Crippen LogP contribution is 2.14. The van der Waals surface area contributed by atoms with E-state index in [1.54, 1.807) is 0 Å². The maximum atomic E-state index is 5.92. The third-order valence-corrected chi connectivity index (χ3v) is 3.61. The summed E-state index contributed by atoms with van der Waals surface area (Å²) in [6.07, 6.45) is 5.61. The summed E-state index contributed by atoms with van der Waals surface area (Å²) in [6, 6.07) is 0.625. The first-order valence-electron chi connectivity index (χ1n) is 6.75. The van der Waals surface area contributed by atoms with Crippen LogP contribution in [-0.2, 0) is 6.42 Å². The second kappa shape index (κ2) is 6.69. The van der Waals surface area contributed by atoms with E-state index in [-0.39, 0.29) is 6.04 Å². The minimum absolute atomic E-state index is 0.201. The molecule has 0 aliphatic rings. The molecular weight excluding hydrogens is 224 g/mol. The first-order chi connectivity index (χ1) is 8.45. The molecule has 2 N–H and O–H groups in total. The van der Waals surface area contributed by atoms with Crippen molar-refractivity contribution in [2.75, 3.05) is 11.9 Å². The second-order valence-corrected chi connectivity index (χ2v) is 5.36. The molecule has 18 heavy (non-hydrogen) atoms. The summed E-state index contributed by atoms with van der Waals surface area (Å²) in [4.78, 5) is 11.0. The van der Waals surface area contributed by atoms with Crippen molar-refractivity contribution < 1.29 is 0 Å². The van der Waals surface area contributed by atoms with Gasteiger partial charge in [-0.05, 0) is 31.2 Å². The number of nitrogens with two attached hydrogens (primary N) is 1. The first-order valence-corrected chi connectivity index (χ1v) is 6.75. The van der Waals surface area contributed by atoms with Gasteiger partial charge >= 0.3 is 0 Å². The summed E-state index contributed by atoms with van der Waals surface area (Å²) in [5.41, 5.74) is 7.03. The van der Waals surface area contributed by atoms with Crippen LogP contribution in [0.1, 0.15) is 39.7 Å². The fraction of sp³-hybridized carbons (Fsp3) is 0.714. The summed E-state index contributed by atoms with van der Waals surface area (Å²) < 4.78 is 0. The van der Waals surface area contributed by atoms with Crippen molar-refractivity contribution in [3.63, 3.8) is 0 Å². The summed E-state index contributed by atoms with van der Waals surface area (Å²) in [6.45, 7) is 8.69. The third-order valence-electron chi connectivity index (χ3n) is 3.61. The highest BCUT2D eigenvalue weighted by atomic mass is 15.2. The van der Waals surface area contributed by atoms with Crippen LogP contribution in [0.5, 0.6) is 0 Å². The number of hydrogen-bond donors (Lipinski definition) is 1. The maximum absolute atomic E-state index is 5.92. The Morgan fingerprint density at radius 1 is 1.22 bits per heavy atom. The smallest absolute Gasteiger partial charge is 0.225 e. The van der Waals surface area contributed by atoms with Crippen LogP contribution in [0.3, 0.4) is 0 Å². The van der Waals surface area contributed by atoms with Gasteiger partial charge in [0.05, 0.1) is 0 Å². The summed E-state index contributed by atoms with van der Waals surface area (Å²) in [7, 11) is 2.04. The average molecular weight is 250 g/mol. The first kappa shape index (κ1) is 14.9. The van der Waals surface area contributed by atoms with Gasteiger partial charge in [0.25, 0.3) is 0 Å². The van der Waals surface area contributed by atoms with Crippen molar-refractivity contribution >= 4 is 5.95 Å². The Bertz CT molecular complexity index is 347. The van der Waals surface area contributed by atoms with Gasteiger partial charge in [0.15, 0.2) is 0 Å². The van der Waals surface area contributed by atoms with Crippen LogP contribution in [0.2, 0.25) is 0 Å². The number of nitrogens with zero attached hydrogens (tertiary/aromatic N) is 3. The van der Waals surface area contributed by atoms with Crippen molar-refractivity contribution in [2.24, 2.45) is 11.7 Å². The normalized spacial score (nSPS) is 14.6. The molecule has 0 saturated carbocycles. The molecule has 4 heteroatoms. The van der Waals surface area contributed by atoms with E-state index in [0.29, 0.717) is 12.0 Å². The molecule has 1 rings (SSSR count). The van der Waals surface area contributed by atoms with Gasteiger partial charge in [-0.3, -0.25) is 0 Å². The summed E-state index contributed by atoms with van der Waals surface area (Å²) in [5.74, 6) is 1.36. The second-order valence-electron chi connectivity index (χ2n) is 5.36. The Hall–Kier alpha value is -1.16. The van der Waals surface area contributed by atoms with Gasteiger partial charge in [0, 0.05) is 31.5 Å². The van der Waals surface area contributed by atoms with E-state index in [2.05, 4.69) is 42.6 Å². The number of hydrogen-bond acceptors (Lipinski definition) is 4. The van der Waals surface area contributed by atoms with Crippen LogP contribution in [0.25, 0.3) is 0 Å². The van der Waals surface area contributed by atoms with E-state index < -0.39 is 0 Å². The zero-order valence-electron chi connectivity index (χ0n) is 12.2. The summed E-state index contributed by atoms with van der Waals surface area (Å²) >= 11 is 0. The van der Waals surface area contributed by atoms with E-state index in [1.165, 1.54) is 0 Å². The molecule has 0 bridgehead atoms. The maximum Gasteiger partial charge on any atom is 0.225 e. The fourth-order valence-corrected chi connectivity index (χ4v) is 1.71. The lowest BCUT2D eigenvalue weighted by atomic mass is 10.1. The predicted octanol–water partition coefficient (Wildman–Crippen LogP) is 2.24. The number of rotatable bonds is 6. The Balaban J connectivity index is 2.70. The van der Waals surface area contributed by atoms with Crippen molar-refractivity contribution in [3.05, 3.63) is 18.0 Å². The van der Waals surface area contributed by atoms with E-state index >= 15 is 0 Å². The van der Waals surface area contributed by atoms with Crippen molar-refractivity contribution in [3.8, 4) is 0 Å². The molecule has 2 unspecified atom stereocenters. The van der Waals surface area contributed by atoms with Crippen molar-refractivity contribution in [1.29, 1.82) is 0 Å². The molecule has 0 aliphatic heterocycles. The van der Waals surface area contributed by atoms with E-state index in [4.69, 9.17) is 5.73 Å². The van der Waals surface area contributed by atoms with E-state index in [9.17, 15) is 0 Å². The largest absolute Gasteiger partial charge is 0.341 e. The standard InChI is InChI=1S/C14H26N4/c1-6-13(15)7-12-8-16-14(17-9-12)18(5)11(4)10(2)3/h8-11,13H,6-7,15H2,1-5H3. The molecule has 0 fully saturated rings. The van der Waals surface area contributed by atoms with Crippen LogP contribution < -0.4 is 10.6 Å². The summed E-state index contributed by atoms with van der Waals surface area (Å²) in [5, 5.41) is 0. The number of anilines is 1. The lowest BCUT2D eigenvalue weighted by molar-refractivity contribution is 0.499. The minimum atomic E-state index is 0.201. The Morgan fingerprint density at radius 3 is 2.22 bits per heavy atom. The molecule has 1 heterocycles. The molecular formula is C14H26N4. The van der Waals surface area contributed by atoms with Crippen LogP contribution in [0.4, 0.5) is 5.95 Å². The lowest BCUT2D eigenvalue weighted by Crippen LogP contribution is -2.34. The van der Waals surface area contributed by atoms with Gasteiger partial charge in [0.1, 0.15) is 0 Å². The molecule has 0 spiro atoms. The van der Waals surface area contributed by atoms with Crippen LogP contribution in [0.15, 0.2) is 12.4 Å². The van der Waals surface area contributed by atoms with Gasteiger partial charge in [-0.2, -0.15) is 0 Å². The zero-order chi connectivity index (χ0) is 13.7. The van der Waals surface area contributed by atoms with Crippen LogP contribution in [0, 0.1) is 5.92 Å². The molecule has 0 aliphatic carbocycles. The third kappa shape index (κ3) is 3.95. The van der Waals surface area contributed by atoms with Crippen molar-refractivity contribution in [1.82, 2.24) is 9.97 Å². The number of aromatic nitrogens is 2. The van der Waals surface area contributed by atoms with Gasteiger partial charge in [0.2, 0.25) is 5.95 Å². The predicted molar refractivity (Wildman–Crippen MR) is 76.7 cm³/mol.